The third-order valence-electron chi connectivity index (χ3n) is 3.37. The molecular weight excluding hydrogens is 324 g/mol. The molecule has 2 aromatic rings. The molecule has 25 heavy (non-hydrogen) atoms. The number of rotatable bonds is 7. The third-order valence-corrected chi connectivity index (χ3v) is 3.37. The van der Waals surface area contributed by atoms with Crippen LogP contribution in [0, 0.1) is 0 Å². The number of aromatic carboxylic acids is 1. The number of amides is 1. The summed E-state index contributed by atoms with van der Waals surface area (Å²) >= 11 is 0. The molecule has 0 aliphatic rings. The van der Waals surface area contributed by atoms with Gasteiger partial charge in [-0.15, -0.1) is 0 Å². The summed E-state index contributed by atoms with van der Waals surface area (Å²) in [6.45, 7) is 0. The molecular formula is C18H18N2O5. The minimum absolute atomic E-state index is 0.135. The van der Waals surface area contributed by atoms with Crippen LogP contribution in [0.4, 0.5) is 0 Å². The Balaban J connectivity index is 1.93. The van der Waals surface area contributed by atoms with Gasteiger partial charge in [-0.1, -0.05) is 18.2 Å². The molecule has 130 valence electrons. The van der Waals surface area contributed by atoms with Gasteiger partial charge in [0.05, 0.1) is 32.4 Å². The summed E-state index contributed by atoms with van der Waals surface area (Å²) in [5.74, 6) is -0.137. The lowest BCUT2D eigenvalue weighted by molar-refractivity contribution is -0.120. The number of carbonyl (C=O) groups is 2. The van der Waals surface area contributed by atoms with Gasteiger partial charge in [-0.3, -0.25) is 4.79 Å². The number of hydrogen-bond donors (Lipinski definition) is 2. The van der Waals surface area contributed by atoms with E-state index in [1.54, 1.807) is 37.4 Å². The molecule has 0 aliphatic heterocycles. The Bertz CT molecular complexity index is 785. The average molecular weight is 342 g/mol. The zero-order valence-electron chi connectivity index (χ0n) is 13.9. The summed E-state index contributed by atoms with van der Waals surface area (Å²) in [5.41, 5.74) is 4.05. The Morgan fingerprint density at radius 2 is 1.76 bits per heavy atom. The lowest BCUT2D eigenvalue weighted by Crippen LogP contribution is -2.19. The van der Waals surface area contributed by atoms with Crippen LogP contribution in [0.15, 0.2) is 47.6 Å². The first-order valence-electron chi connectivity index (χ1n) is 7.39. The van der Waals surface area contributed by atoms with Crippen LogP contribution in [-0.4, -0.2) is 37.4 Å². The number of benzene rings is 2. The number of hydrazone groups is 1. The van der Waals surface area contributed by atoms with Gasteiger partial charge in [0.25, 0.3) is 0 Å². The number of hydrogen-bond acceptors (Lipinski definition) is 5. The van der Waals surface area contributed by atoms with E-state index in [1.165, 1.54) is 25.5 Å². The predicted molar refractivity (Wildman–Crippen MR) is 92.4 cm³/mol. The lowest BCUT2D eigenvalue weighted by atomic mass is 10.1. The molecule has 0 unspecified atom stereocenters. The SMILES string of the molecule is COc1ccc(CC(=O)N/N=C/c2ccc(C(=O)O)cc2)cc1OC. The number of carboxylic acids is 1. The van der Waals surface area contributed by atoms with E-state index >= 15 is 0 Å². The maximum atomic E-state index is 11.9. The van der Waals surface area contributed by atoms with E-state index in [-0.39, 0.29) is 17.9 Å². The van der Waals surface area contributed by atoms with Crippen molar-refractivity contribution in [3.8, 4) is 11.5 Å². The smallest absolute Gasteiger partial charge is 0.335 e. The zero-order chi connectivity index (χ0) is 18.2. The third kappa shape index (κ3) is 5.07. The Morgan fingerprint density at radius 1 is 1.08 bits per heavy atom. The van der Waals surface area contributed by atoms with Crippen LogP contribution in [0.1, 0.15) is 21.5 Å². The second-order valence-corrected chi connectivity index (χ2v) is 5.09. The van der Waals surface area contributed by atoms with Crippen LogP contribution in [0.25, 0.3) is 0 Å². The predicted octanol–water partition coefficient (Wildman–Crippen LogP) is 2.09. The number of carbonyl (C=O) groups excluding carboxylic acids is 1. The van der Waals surface area contributed by atoms with E-state index < -0.39 is 5.97 Å². The molecule has 2 aromatic carbocycles. The first kappa shape index (κ1) is 18.0. The molecule has 0 atom stereocenters. The van der Waals surface area contributed by atoms with Gasteiger partial charge in [0, 0.05) is 0 Å². The topological polar surface area (TPSA) is 97.2 Å². The Morgan fingerprint density at radius 3 is 2.36 bits per heavy atom. The van der Waals surface area contributed by atoms with E-state index in [1.807, 2.05) is 0 Å². The maximum absolute atomic E-state index is 11.9. The molecule has 0 saturated carbocycles. The number of ether oxygens (including phenoxy) is 2. The highest BCUT2D eigenvalue weighted by Gasteiger charge is 2.08. The van der Waals surface area contributed by atoms with Crippen molar-refractivity contribution in [2.45, 2.75) is 6.42 Å². The normalized spacial score (nSPS) is 10.5. The fourth-order valence-electron chi connectivity index (χ4n) is 2.11. The average Bonchev–Trinajstić information content (AvgIpc) is 2.62. The van der Waals surface area contributed by atoms with Gasteiger partial charge in [-0.25, -0.2) is 10.2 Å². The van der Waals surface area contributed by atoms with Crippen molar-refractivity contribution in [1.82, 2.24) is 5.43 Å². The Labute approximate surface area is 144 Å². The zero-order valence-corrected chi connectivity index (χ0v) is 13.9. The summed E-state index contributed by atoms with van der Waals surface area (Å²) in [6.07, 6.45) is 1.58. The van der Waals surface area contributed by atoms with E-state index in [0.29, 0.717) is 17.1 Å². The van der Waals surface area contributed by atoms with Crippen molar-refractivity contribution in [3.05, 3.63) is 59.2 Å². The van der Waals surface area contributed by atoms with Gasteiger partial charge in [-0.2, -0.15) is 5.10 Å². The molecule has 1 amide bonds. The van der Waals surface area contributed by atoms with Crippen molar-refractivity contribution >= 4 is 18.1 Å². The standard InChI is InChI=1S/C18H18N2O5/c1-24-15-8-5-13(9-16(15)25-2)10-17(21)20-19-11-12-3-6-14(7-4-12)18(22)23/h3-9,11H,10H2,1-2H3,(H,20,21)(H,22,23)/b19-11+. The highest BCUT2D eigenvalue weighted by atomic mass is 16.5. The second kappa shape index (κ2) is 8.49. The first-order chi connectivity index (χ1) is 12.0. The molecule has 0 bridgehead atoms. The molecule has 2 rings (SSSR count). The summed E-state index contributed by atoms with van der Waals surface area (Å²) in [4.78, 5) is 22.7. The van der Waals surface area contributed by atoms with Gasteiger partial charge in [0.2, 0.25) is 5.91 Å². The Kier molecular flexibility index (Phi) is 6.11. The molecule has 7 heteroatoms. The molecule has 0 fully saturated rings. The maximum Gasteiger partial charge on any atom is 0.335 e. The minimum atomic E-state index is -0.994. The van der Waals surface area contributed by atoms with Gasteiger partial charge < -0.3 is 14.6 Å². The summed E-state index contributed by atoms with van der Waals surface area (Å²) in [7, 11) is 3.07. The molecule has 0 heterocycles. The lowest BCUT2D eigenvalue weighted by Gasteiger charge is -2.09. The highest BCUT2D eigenvalue weighted by molar-refractivity contribution is 5.89. The minimum Gasteiger partial charge on any atom is -0.493 e. The van der Waals surface area contributed by atoms with Gasteiger partial charge in [0.1, 0.15) is 0 Å². The van der Waals surface area contributed by atoms with E-state index in [4.69, 9.17) is 14.6 Å². The molecule has 0 spiro atoms. The van der Waals surface area contributed by atoms with Gasteiger partial charge >= 0.3 is 5.97 Å². The van der Waals surface area contributed by atoms with Gasteiger partial charge in [-0.05, 0) is 35.4 Å². The monoisotopic (exact) mass is 342 g/mol. The van der Waals surface area contributed by atoms with Crippen LogP contribution in [0.3, 0.4) is 0 Å². The van der Waals surface area contributed by atoms with Crippen molar-refractivity contribution in [1.29, 1.82) is 0 Å². The number of methoxy groups -OCH3 is 2. The van der Waals surface area contributed by atoms with Crippen LogP contribution in [0.2, 0.25) is 0 Å². The quantitative estimate of drug-likeness (QED) is 0.593. The van der Waals surface area contributed by atoms with Crippen molar-refractivity contribution < 1.29 is 24.2 Å². The van der Waals surface area contributed by atoms with E-state index in [9.17, 15) is 9.59 Å². The summed E-state index contributed by atoms with van der Waals surface area (Å²) < 4.78 is 10.3. The first-order valence-corrected chi connectivity index (χ1v) is 7.39. The molecule has 7 nitrogen and oxygen atoms in total. The summed E-state index contributed by atoms with van der Waals surface area (Å²) in [5, 5.41) is 12.7. The van der Waals surface area contributed by atoms with Crippen molar-refractivity contribution in [2.24, 2.45) is 5.10 Å². The van der Waals surface area contributed by atoms with Gasteiger partial charge in [0.15, 0.2) is 11.5 Å². The van der Waals surface area contributed by atoms with E-state index in [2.05, 4.69) is 10.5 Å². The fourth-order valence-corrected chi connectivity index (χ4v) is 2.11. The van der Waals surface area contributed by atoms with E-state index in [0.717, 1.165) is 5.56 Å². The van der Waals surface area contributed by atoms with Crippen LogP contribution in [0.5, 0.6) is 11.5 Å². The van der Waals surface area contributed by atoms with Crippen molar-refractivity contribution in [3.63, 3.8) is 0 Å². The molecule has 0 aromatic heterocycles. The van der Waals surface area contributed by atoms with Crippen LogP contribution >= 0.6 is 0 Å². The Hall–Kier alpha value is -3.35. The largest absolute Gasteiger partial charge is 0.493 e. The fraction of sp³-hybridized carbons (Fsp3) is 0.167. The molecule has 0 radical (unpaired) electrons. The van der Waals surface area contributed by atoms with Crippen LogP contribution < -0.4 is 14.9 Å². The summed E-state index contributed by atoms with van der Waals surface area (Å²) in [6, 6.07) is 11.4. The molecule has 2 N–H and O–H groups in total. The number of nitrogens with zero attached hydrogens (tertiary/aromatic N) is 1. The number of carboxylic acid groups (broad SMARTS) is 1. The molecule has 0 saturated heterocycles. The van der Waals surface area contributed by atoms with Crippen LogP contribution in [-0.2, 0) is 11.2 Å². The van der Waals surface area contributed by atoms with Crippen molar-refractivity contribution in [2.75, 3.05) is 14.2 Å². The number of nitrogens with one attached hydrogen (secondary N) is 1. The molecule has 0 aliphatic carbocycles. The highest BCUT2D eigenvalue weighted by Crippen LogP contribution is 2.27. The second-order valence-electron chi connectivity index (χ2n) is 5.09.